The quantitative estimate of drug-likeness (QED) is 0.422. The molecule has 34 heavy (non-hydrogen) atoms. The molecule has 186 valence electrons. The van der Waals surface area contributed by atoms with E-state index in [9.17, 15) is 0 Å². The third kappa shape index (κ3) is 4.76. The molecule has 0 amide bonds. The van der Waals surface area contributed by atoms with Crippen LogP contribution in [0.2, 0.25) is 0 Å². The number of hydrogen-bond acceptors (Lipinski definition) is 4. The third-order valence-corrected chi connectivity index (χ3v) is 9.30. The predicted molar refractivity (Wildman–Crippen MR) is 133 cm³/mol. The molecule has 0 aromatic heterocycles. The van der Waals surface area contributed by atoms with Gasteiger partial charge in [0, 0.05) is 19.6 Å². The molecular formula is C30H42O4. The second-order valence-electron chi connectivity index (χ2n) is 12.2. The summed E-state index contributed by atoms with van der Waals surface area (Å²) in [6.45, 7) is 6.33. The summed E-state index contributed by atoms with van der Waals surface area (Å²) in [6, 6.07) is 8.65. The molecular weight excluding hydrogens is 424 g/mol. The van der Waals surface area contributed by atoms with Crippen molar-refractivity contribution >= 4 is 6.08 Å². The van der Waals surface area contributed by atoms with Crippen LogP contribution in [0.25, 0.3) is 6.08 Å². The molecule has 6 fully saturated rings. The summed E-state index contributed by atoms with van der Waals surface area (Å²) in [5.41, 5.74) is 2.51. The number of hydrogen-bond donors (Lipinski definition) is 0. The summed E-state index contributed by atoms with van der Waals surface area (Å²) in [6.07, 6.45) is 17.7. The van der Waals surface area contributed by atoms with Crippen molar-refractivity contribution in [2.75, 3.05) is 13.2 Å². The molecule has 6 atom stereocenters. The van der Waals surface area contributed by atoms with E-state index < -0.39 is 0 Å². The molecule has 6 unspecified atom stereocenters. The Morgan fingerprint density at radius 1 is 0.882 bits per heavy atom. The molecule has 4 aliphatic carbocycles. The first kappa shape index (κ1) is 23.2. The fourth-order valence-corrected chi connectivity index (χ4v) is 8.50. The Kier molecular flexibility index (Phi) is 6.38. The normalized spacial score (nSPS) is 41.5. The van der Waals surface area contributed by atoms with E-state index in [4.69, 9.17) is 18.9 Å². The minimum atomic E-state index is -0.0945. The summed E-state index contributed by atoms with van der Waals surface area (Å²) in [7, 11) is 0. The van der Waals surface area contributed by atoms with Crippen LogP contribution in [0.4, 0.5) is 0 Å². The molecule has 2 saturated heterocycles. The van der Waals surface area contributed by atoms with Crippen molar-refractivity contribution in [2.45, 2.75) is 114 Å². The highest BCUT2D eigenvalue weighted by atomic mass is 16.7. The number of benzene rings is 1. The lowest BCUT2D eigenvalue weighted by molar-refractivity contribution is -0.313. The summed E-state index contributed by atoms with van der Waals surface area (Å²) in [5.74, 6) is 0.687. The van der Waals surface area contributed by atoms with Gasteiger partial charge in [0.15, 0.2) is 6.29 Å². The fraction of sp³-hybridized carbons (Fsp3) is 0.733. The van der Waals surface area contributed by atoms with Gasteiger partial charge in [-0.3, -0.25) is 0 Å². The van der Waals surface area contributed by atoms with Gasteiger partial charge in [0.05, 0.1) is 23.9 Å². The van der Waals surface area contributed by atoms with E-state index in [1.807, 2.05) is 6.08 Å². The molecule has 0 N–H and O–H groups in total. The molecule has 2 heterocycles. The Balaban J connectivity index is 1.24. The van der Waals surface area contributed by atoms with E-state index in [0.29, 0.717) is 18.6 Å². The summed E-state index contributed by atoms with van der Waals surface area (Å²) in [4.78, 5) is 0. The number of rotatable bonds is 8. The SMILES string of the molecule is C=Cc1ccc(COC23CC4CC(CC5CCCCO5)(C2)CC(OC2CCCCO2)(C4)C3)cc1. The van der Waals surface area contributed by atoms with Crippen molar-refractivity contribution < 1.29 is 18.9 Å². The van der Waals surface area contributed by atoms with Crippen molar-refractivity contribution in [3.05, 3.63) is 42.0 Å². The standard InChI is InChI=1S/C30H42O4/c1-2-23-9-11-24(12-10-23)19-33-29-16-25-15-28(20-29,18-26-7-3-5-13-31-26)21-30(17-25,22-29)34-27-8-4-6-14-32-27/h2,9-12,25-27H,1,3-8,13-22H2. The van der Waals surface area contributed by atoms with Crippen LogP contribution in [0.5, 0.6) is 0 Å². The molecule has 4 heteroatoms. The van der Waals surface area contributed by atoms with E-state index >= 15 is 0 Å². The smallest absolute Gasteiger partial charge is 0.158 e. The van der Waals surface area contributed by atoms with E-state index in [1.54, 1.807) is 0 Å². The zero-order valence-electron chi connectivity index (χ0n) is 20.8. The molecule has 1 aromatic rings. The minimum absolute atomic E-state index is 0.0310. The second kappa shape index (κ2) is 9.35. The van der Waals surface area contributed by atoms with E-state index in [-0.39, 0.29) is 22.9 Å². The van der Waals surface area contributed by atoms with Gasteiger partial charge in [-0.05, 0) is 99.5 Å². The van der Waals surface area contributed by atoms with Crippen LogP contribution in [-0.4, -0.2) is 36.8 Å². The van der Waals surface area contributed by atoms with Crippen LogP contribution in [0, 0.1) is 11.3 Å². The monoisotopic (exact) mass is 466 g/mol. The maximum atomic E-state index is 6.96. The van der Waals surface area contributed by atoms with Crippen LogP contribution < -0.4 is 0 Å². The number of ether oxygens (including phenoxy) is 4. The van der Waals surface area contributed by atoms with E-state index in [1.165, 1.54) is 56.9 Å². The van der Waals surface area contributed by atoms with Gasteiger partial charge in [-0.2, -0.15) is 0 Å². The van der Waals surface area contributed by atoms with Crippen LogP contribution in [0.3, 0.4) is 0 Å². The molecule has 0 radical (unpaired) electrons. The first-order valence-corrected chi connectivity index (χ1v) is 13.8. The highest BCUT2D eigenvalue weighted by molar-refractivity contribution is 5.47. The van der Waals surface area contributed by atoms with Gasteiger partial charge in [0.25, 0.3) is 0 Å². The lowest BCUT2D eigenvalue weighted by Crippen LogP contribution is -2.65. The Morgan fingerprint density at radius 3 is 2.38 bits per heavy atom. The maximum absolute atomic E-state index is 6.96. The van der Waals surface area contributed by atoms with Gasteiger partial charge in [0.1, 0.15) is 0 Å². The average Bonchev–Trinajstić information content (AvgIpc) is 2.83. The van der Waals surface area contributed by atoms with Gasteiger partial charge < -0.3 is 18.9 Å². The van der Waals surface area contributed by atoms with Crippen LogP contribution >= 0.6 is 0 Å². The van der Waals surface area contributed by atoms with Crippen molar-refractivity contribution in [1.29, 1.82) is 0 Å². The van der Waals surface area contributed by atoms with Crippen molar-refractivity contribution in [3.8, 4) is 0 Å². The molecule has 2 aliphatic heterocycles. The second-order valence-corrected chi connectivity index (χ2v) is 12.2. The maximum Gasteiger partial charge on any atom is 0.158 e. The Bertz CT molecular complexity index is 815. The first-order valence-electron chi connectivity index (χ1n) is 13.8. The van der Waals surface area contributed by atoms with Crippen LogP contribution in [0.15, 0.2) is 30.8 Å². The van der Waals surface area contributed by atoms with Gasteiger partial charge >= 0.3 is 0 Å². The summed E-state index contributed by atoms with van der Waals surface area (Å²) < 4.78 is 26.3. The lowest BCUT2D eigenvalue weighted by Gasteiger charge is -2.66. The van der Waals surface area contributed by atoms with Crippen molar-refractivity contribution in [1.82, 2.24) is 0 Å². The first-order chi connectivity index (χ1) is 16.6. The average molecular weight is 467 g/mol. The largest absolute Gasteiger partial charge is 0.378 e. The van der Waals surface area contributed by atoms with E-state index in [0.717, 1.165) is 50.9 Å². The zero-order chi connectivity index (χ0) is 23.1. The molecule has 4 bridgehead atoms. The van der Waals surface area contributed by atoms with Gasteiger partial charge in [-0.25, -0.2) is 0 Å². The van der Waals surface area contributed by atoms with Crippen molar-refractivity contribution in [2.24, 2.45) is 11.3 Å². The molecule has 0 spiro atoms. The Morgan fingerprint density at radius 2 is 1.65 bits per heavy atom. The molecule has 4 saturated carbocycles. The minimum Gasteiger partial charge on any atom is -0.378 e. The Hall–Kier alpha value is -1.20. The fourth-order valence-electron chi connectivity index (χ4n) is 8.50. The highest BCUT2D eigenvalue weighted by Crippen LogP contribution is 2.67. The summed E-state index contributed by atoms with van der Waals surface area (Å²) in [5, 5.41) is 0. The van der Waals surface area contributed by atoms with Crippen molar-refractivity contribution in [3.63, 3.8) is 0 Å². The molecule has 6 aliphatic rings. The van der Waals surface area contributed by atoms with Gasteiger partial charge in [0.2, 0.25) is 0 Å². The summed E-state index contributed by atoms with van der Waals surface area (Å²) >= 11 is 0. The van der Waals surface area contributed by atoms with Crippen LogP contribution in [0.1, 0.15) is 94.6 Å². The van der Waals surface area contributed by atoms with Gasteiger partial charge in [-0.1, -0.05) is 36.9 Å². The molecule has 7 rings (SSSR count). The molecule has 1 aromatic carbocycles. The zero-order valence-corrected chi connectivity index (χ0v) is 20.8. The third-order valence-electron chi connectivity index (χ3n) is 9.30. The van der Waals surface area contributed by atoms with E-state index in [2.05, 4.69) is 30.8 Å². The highest BCUT2D eigenvalue weighted by Gasteiger charge is 2.65. The molecule has 4 nitrogen and oxygen atoms in total. The van der Waals surface area contributed by atoms with Gasteiger partial charge in [-0.15, -0.1) is 0 Å². The Labute approximate surface area is 205 Å². The predicted octanol–water partition coefficient (Wildman–Crippen LogP) is 6.81. The lowest BCUT2D eigenvalue weighted by atomic mass is 9.45. The van der Waals surface area contributed by atoms with Crippen LogP contribution in [-0.2, 0) is 25.6 Å². The topological polar surface area (TPSA) is 36.9 Å².